The van der Waals surface area contributed by atoms with Crippen LogP contribution in [0.1, 0.15) is 16.1 Å². The molecule has 0 saturated heterocycles. The van der Waals surface area contributed by atoms with Crippen molar-refractivity contribution < 1.29 is 13.2 Å². The summed E-state index contributed by atoms with van der Waals surface area (Å²) in [5.74, 6) is -0.250. The first-order valence-electron chi connectivity index (χ1n) is 6.73. The molecule has 2 aromatic rings. The van der Waals surface area contributed by atoms with Crippen LogP contribution in [0.4, 0.5) is 0 Å². The number of carbonyl (C=O) groups is 1. The summed E-state index contributed by atoms with van der Waals surface area (Å²) in [4.78, 5) is 14.4. The molecule has 1 amide bonds. The average Bonchev–Trinajstić information content (AvgIpc) is 3.00. The molecule has 1 aromatic carbocycles. The molecule has 0 spiro atoms. The summed E-state index contributed by atoms with van der Waals surface area (Å²) in [6.45, 7) is 0.120. The highest BCUT2D eigenvalue weighted by Crippen LogP contribution is 2.02. The van der Waals surface area contributed by atoms with Crippen molar-refractivity contribution >= 4 is 15.7 Å². The Labute approximate surface area is 124 Å². The molecule has 1 aromatic heterocycles. The number of hydrogen-bond donors (Lipinski definition) is 2. The molecule has 2 rings (SSSR count). The molecule has 5 nitrogen and oxygen atoms in total. The fourth-order valence-corrected chi connectivity index (χ4v) is 3.07. The second-order valence-electron chi connectivity index (χ2n) is 4.73. The van der Waals surface area contributed by atoms with E-state index in [9.17, 15) is 13.2 Å². The number of amides is 1. The lowest BCUT2D eigenvalue weighted by Gasteiger charge is -2.06. The largest absolute Gasteiger partial charge is 0.357 e. The highest BCUT2D eigenvalue weighted by Gasteiger charge is 2.12. The first kappa shape index (κ1) is 15.3. The van der Waals surface area contributed by atoms with Gasteiger partial charge in [0.1, 0.15) is 5.69 Å². The van der Waals surface area contributed by atoms with Gasteiger partial charge in [-0.3, -0.25) is 4.79 Å². The number of aryl methyl sites for hydroxylation is 1. The molecule has 112 valence electrons. The van der Waals surface area contributed by atoms with Crippen LogP contribution < -0.4 is 5.32 Å². The number of carbonyl (C=O) groups excluding carboxylic acids is 1. The maximum atomic E-state index is 11.9. The highest BCUT2D eigenvalue weighted by atomic mass is 32.2. The van der Waals surface area contributed by atoms with E-state index in [1.165, 1.54) is 0 Å². The molecule has 0 saturated carbocycles. The number of rotatable bonds is 7. The van der Waals surface area contributed by atoms with E-state index in [0.717, 1.165) is 5.56 Å². The van der Waals surface area contributed by atoms with Crippen molar-refractivity contribution in [3.8, 4) is 0 Å². The van der Waals surface area contributed by atoms with Gasteiger partial charge in [-0.25, -0.2) is 8.42 Å². The van der Waals surface area contributed by atoms with Crippen molar-refractivity contribution in [2.45, 2.75) is 6.42 Å². The minimum Gasteiger partial charge on any atom is -0.357 e. The Morgan fingerprint density at radius 2 is 1.81 bits per heavy atom. The van der Waals surface area contributed by atoms with Gasteiger partial charge in [0, 0.05) is 12.7 Å². The molecule has 1 heterocycles. The molecule has 2 N–H and O–H groups in total. The van der Waals surface area contributed by atoms with E-state index in [1.54, 1.807) is 18.3 Å². The van der Waals surface area contributed by atoms with Gasteiger partial charge in [0.2, 0.25) is 0 Å². The summed E-state index contributed by atoms with van der Waals surface area (Å²) in [6, 6.07) is 12.8. The van der Waals surface area contributed by atoms with Gasteiger partial charge in [0.05, 0.1) is 11.5 Å². The van der Waals surface area contributed by atoms with Gasteiger partial charge in [-0.05, 0) is 24.1 Å². The van der Waals surface area contributed by atoms with Gasteiger partial charge in [-0.1, -0.05) is 30.3 Å². The Morgan fingerprint density at radius 3 is 2.48 bits per heavy atom. The van der Waals surface area contributed by atoms with Crippen LogP contribution in [-0.4, -0.2) is 37.4 Å². The fraction of sp³-hybridized carbons (Fsp3) is 0.267. The standard InChI is InChI=1S/C15H18N2O3S/c18-15(14-7-4-9-16-14)17-10-12-21(19,20)11-8-13-5-2-1-3-6-13/h1-7,9,16H,8,10-12H2,(H,17,18). The van der Waals surface area contributed by atoms with Gasteiger partial charge in [-0.2, -0.15) is 0 Å². The molecule has 0 aliphatic heterocycles. The number of nitrogens with one attached hydrogen (secondary N) is 2. The normalized spacial score (nSPS) is 11.2. The van der Waals surface area contributed by atoms with E-state index < -0.39 is 9.84 Å². The third-order valence-electron chi connectivity index (χ3n) is 3.09. The molecule has 6 heteroatoms. The van der Waals surface area contributed by atoms with E-state index in [0.29, 0.717) is 12.1 Å². The predicted molar refractivity (Wildman–Crippen MR) is 81.9 cm³/mol. The lowest BCUT2D eigenvalue weighted by atomic mass is 10.2. The number of aromatic nitrogens is 1. The molecule has 0 aliphatic rings. The van der Waals surface area contributed by atoms with Crippen molar-refractivity contribution in [1.29, 1.82) is 0 Å². The molecule has 0 unspecified atom stereocenters. The van der Waals surface area contributed by atoms with E-state index in [-0.39, 0.29) is 24.0 Å². The van der Waals surface area contributed by atoms with Gasteiger partial charge in [0.25, 0.3) is 5.91 Å². The SMILES string of the molecule is O=C(NCCS(=O)(=O)CCc1ccccc1)c1ccc[nH]1. The van der Waals surface area contributed by atoms with Gasteiger partial charge < -0.3 is 10.3 Å². The maximum Gasteiger partial charge on any atom is 0.267 e. The monoisotopic (exact) mass is 306 g/mol. The number of sulfone groups is 1. The van der Waals surface area contributed by atoms with Crippen LogP contribution in [0.25, 0.3) is 0 Å². The Bertz CT molecular complexity index is 664. The molecular formula is C15H18N2O3S. The van der Waals surface area contributed by atoms with E-state index >= 15 is 0 Å². The van der Waals surface area contributed by atoms with Crippen molar-refractivity contribution in [2.24, 2.45) is 0 Å². The van der Waals surface area contributed by atoms with Crippen molar-refractivity contribution in [1.82, 2.24) is 10.3 Å². The summed E-state index contributed by atoms with van der Waals surface area (Å²) in [6.07, 6.45) is 2.14. The third kappa shape index (κ3) is 5.07. The van der Waals surface area contributed by atoms with Crippen LogP contribution in [0.15, 0.2) is 48.7 Å². The molecule has 0 bridgehead atoms. The Hall–Kier alpha value is -2.08. The van der Waals surface area contributed by atoms with Crippen molar-refractivity contribution in [3.63, 3.8) is 0 Å². The number of aromatic amines is 1. The molecule has 0 fully saturated rings. The van der Waals surface area contributed by atoms with Gasteiger partial charge in [-0.15, -0.1) is 0 Å². The molecule has 0 radical (unpaired) electrons. The first-order valence-corrected chi connectivity index (χ1v) is 8.55. The van der Waals surface area contributed by atoms with E-state index in [4.69, 9.17) is 0 Å². The number of H-pyrrole nitrogens is 1. The molecule has 0 aliphatic carbocycles. The van der Waals surface area contributed by atoms with Crippen LogP contribution >= 0.6 is 0 Å². The molecule has 0 atom stereocenters. The predicted octanol–water partition coefficient (Wildman–Crippen LogP) is 1.40. The van der Waals surface area contributed by atoms with Crippen LogP contribution in [0, 0.1) is 0 Å². The van der Waals surface area contributed by atoms with Crippen LogP contribution in [0.2, 0.25) is 0 Å². The summed E-state index contributed by atoms with van der Waals surface area (Å²) in [7, 11) is -3.17. The summed E-state index contributed by atoms with van der Waals surface area (Å²) < 4.78 is 23.8. The topological polar surface area (TPSA) is 79.0 Å². The second-order valence-corrected chi connectivity index (χ2v) is 7.03. The second kappa shape index (κ2) is 7.08. The lowest BCUT2D eigenvalue weighted by molar-refractivity contribution is 0.0952. The quantitative estimate of drug-likeness (QED) is 0.811. The fourth-order valence-electron chi connectivity index (χ4n) is 1.91. The molecule has 21 heavy (non-hydrogen) atoms. The minimum absolute atomic E-state index is 0.0493. The number of hydrogen-bond acceptors (Lipinski definition) is 3. The average molecular weight is 306 g/mol. The van der Waals surface area contributed by atoms with Crippen molar-refractivity contribution in [2.75, 3.05) is 18.1 Å². The maximum absolute atomic E-state index is 11.9. The Morgan fingerprint density at radius 1 is 1.05 bits per heavy atom. The third-order valence-corrected chi connectivity index (χ3v) is 4.74. The highest BCUT2D eigenvalue weighted by molar-refractivity contribution is 7.91. The lowest BCUT2D eigenvalue weighted by Crippen LogP contribution is -2.30. The summed E-state index contributed by atoms with van der Waals surface area (Å²) >= 11 is 0. The Kier molecular flexibility index (Phi) is 5.16. The van der Waals surface area contributed by atoms with Crippen LogP contribution in [0.3, 0.4) is 0 Å². The number of benzene rings is 1. The Balaban J connectivity index is 1.75. The van der Waals surface area contributed by atoms with Crippen LogP contribution in [-0.2, 0) is 16.3 Å². The van der Waals surface area contributed by atoms with Gasteiger partial charge in [0.15, 0.2) is 9.84 Å². The van der Waals surface area contributed by atoms with Crippen molar-refractivity contribution in [3.05, 3.63) is 59.9 Å². The smallest absolute Gasteiger partial charge is 0.267 e. The minimum atomic E-state index is -3.17. The zero-order chi connectivity index (χ0) is 15.1. The summed E-state index contributed by atoms with van der Waals surface area (Å²) in [5.41, 5.74) is 1.42. The van der Waals surface area contributed by atoms with E-state index in [1.807, 2.05) is 30.3 Å². The zero-order valence-corrected chi connectivity index (χ0v) is 12.4. The van der Waals surface area contributed by atoms with Gasteiger partial charge >= 0.3 is 0 Å². The summed E-state index contributed by atoms with van der Waals surface area (Å²) in [5, 5.41) is 2.59. The van der Waals surface area contributed by atoms with E-state index in [2.05, 4.69) is 10.3 Å². The first-order chi connectivity index (χ1) is 10.1. The molecular weight excluding hydrogens is 288 g/mol. The zero-order valence-electron chi connectivity index (χ0n) is 11.6. The van der Waals surface area contributed by atoms with Crippen LogP contribution in [0.5, 0.6) is 0 Å².